The van der Waals surface area contributed by atoms with Crippen LogP contribution in [0.4, 0.5) is 0 Å². The summed E-state index contributed by atoms with van der Waals surface area (Å²) in [5.74, 6) is 1.42. The third kappa shape index (κ3) is 4.05. The summed E-state index contributed by atoms with van der Waals surface area (Å²) in [5.41, 5.74) is 3.92. The zero-order valence-corrected chi connectivity index (χ0v) is 17.4. The Hall–Kier alpha value is -2.67. The molecule has 0 saturated heterocycles. The van der Waals surface area contributed by atoms with Crippen LogP contribution in [-0.2, 0) is 6.54 Å². The number of nitrogens with one attached hydrogen (secondary N) is 1. The van der Waals surface area contributed by atoms with Gasteiger partial charge in [0.2, 0.25) is 0 Å². The Balaban J connectivity index is 1.81. The molecule has 0 aliphatic heterocycles. The highest BCUT2D eigenvalue weighted by atomic mass is 35.5. The second kappa shape index (κ2) is 8.37. The average Bonchev–Trinajstić information content (AvgIpc) is 3.36. The Morgan fingerprint density at radius 2 is 1.86 bits per heavy atom. The van der Waals surface area contributed by atoms with Crippen molar-refractivity contribution in [2.24, 2.45) is 0 Å². The highest BCUT2D eigenvalue weighted by Crippen LogP contribution is 2.31. The zero-order valence-electron chi connectivity index (χ0n) is 15.9. The third-order valence-corrected chi connectivity index (χ3v) is 5.30. The van der Waals surface area contributed by atoms with Gasteiger partial charge >= 0.3 is 0 Å². The van der Waals surface area contributed by atoms with Crippen molar-refractivity contribution in [1.82, 2.24) is 25.5 Å². The molecule has 0 aliphatic rings. The first-order chi connectivity index (χ1) is 14.0. The topological polar surface area (TPSA) is 68.8 Å². The Kier molecular flexibility index (Phi) is 5.67. The highest BCUT2D eigenvalue weighted by molar-refractivity contribution is 6.35. The van der Waals surface area contributed by atoms with Crippen molar-refractivity contribution in [3.63, 3.8) is 0 Å². The zero-order chi connectivity index (χ0) is 20.4. The van der Waals surface area contributed by atoms with Crippen LogP contribution in [0.3, 0.4) is 0 Å². The van der Waals surface area contributed by atoms with Crippen molar-refractivity contribution in [3.05, 3.63) is 93.1 Å². The van der Waals surface area contributed by atoms with E-state index >= 15 is 0 Å². The molecule has 0 amide bonds. The van der Waals surface area contributed by atoms with Crippen LogP contribution in [0.2, 0.25) is 10.0 Å². The van der Waals surface area contributed by atoms with Crippen LogP contribution < -0.4 is 5.32 Å². The number of para-hydroxylation sites is 1. The first-order valence-corrected chi connectivity index (χ1v) is 9.86. The molecule has 0 bridgehead atoms. The van der Waals surface area contributed by atoms with Crippen LogP contribution in [0, 0.1) is 13.8 Å². The molecular formula is C21H19Cl2N5O. The van der Waals surface area contributed by atoms with Crippen molar-refractivity contribution >= 4 is 23.2 Å². The minimum absolute atomic E-state index is 0.376. The van der Waals surface area contributed by atoms with E-state index in [1.807, 2.05) is 50.2 Å². The second-order valence-corrected chi connectivity index (χ2v) is 7.59. The standard InChI is InChI=1S/C21H19Cl2N5O/c1-13-5-3-6-14(2)20(13)28-21(25-26-27-28)19(24-12-16-7-4-10-29-16)17-9-8-15(22)11-18(17)23/h3-11,19,24H,12H2,1-2H3/t19-/m1/s1. The van der Waals surface area contributed by atoms with Crippen LogP contribution in [0.25, 0.3) is 5.69 Å². The van der Waals surface area contributed by atoms with E-state index in [0.29, 0.717) is 22.4 Å². The van der Waals surface area contributed by atoms with Gasteiger partial charge in [-0.1, -0.05) is 47.5 Å². The first-order valence-electron chi connectivity index (χ1n) is 9.10. The van der Waals surface area contributed by atoms with Crippen LogP contribution >= 0.6 is 23.2 Å². The molecule has 6 nitrogen and oxygen atoms in total. The molecule has 4 aromatic rings. The number of benzene rings is 2. The van der Waals surface area contributed by atoms with Gasteiger partial charge in [0.05, 0.1) is 24.5 Å². The quantitative estimate of drug-likeness (QED) is 0.465. The Morgan fingerprint density at radius 3 is 2.55 bits per heavy atom. The molecule has 2 heterocycles. The van der Waals surface area contributed by atoms with Crippen LogP contribution in [0.5, 0.6) is 0 Å². The van der Waals surface area contributed by atoms with Gasteiger partial charge in [-0.3, -0.25) is 5.32 Å². The molecule has 1 N–H and O–H groups in total. The fourth-order valence-corrected chi connectivity index (χ4v) is 3.88. The fourth-order valence-electron chi connectivity index (χ4n) is 3.36. The van der Waals surface area contributed by atoms with E-state index in [0.717, 1.165) is 28.1 Å². The van der Waals surface area contributed by atoms with Gasteiger partial charge in [0, 0.05) is 10.0 Å². The lowest BCUT2D eigenvalue weighted by atomic mass is 10.0. The Morgan fingerprint density at radius 1 is 1.07 bits per heavy atom. The van der Waals surface area contributed by atoms with Crippen molar-refractivity contribution in [2.75, 3.05) is 0 Å². The van der Waals surface area contributed by atoms with Gasteiger partial charge in [-0.25, -0.2) is 0 Å². The number of aromatic nitrogens is 4. The smallest absolute Gasteiger partial charge is 0.178 e. The number of aryl methyl sites for hydroxylation is 2. The number of halogens is 2. The summed E-state index contributed by atoms with van der Waals surface area (Å²) >= 11 is 12.6. The van der Waals surface area contributed by atoms with E-state index in [-0.39, 0.29) is 6.04 Å². The number of nitrogens with zero attached hydrogens (tertiary/aromatic N) is 4. The number of rotatable bonds is 6. The number of hydrogen-bond donors (Lipinski definition) is 1. The third-order valence-electron chi connectivity index (χ3n) is 4.74. The number of hydrogen-bond acceptors (Lipinski definition) is 5. The molecule has 2 aromatic carbocycles. The fraction of sp³-hybridized carbons (Fsp3) is 0.190. The molecule has 0 aliphatic carbocycles. The SMILES string of the molecule is Cc1cccc(C)c1-n1nnnc1[C@H](NCc1ccco1)c1ccc(Cl)cc1Cl. The molecule has 0 saturated carbocycles. The minimum atomic E-state index is -0.376. The molecule has 8 heteroatoms. The molecular weight excluding hydrogens is 409 g/mol. The number of tetrazole rings is 1. The van der Waals surface area contributed by atoms with E-state index in [9.17, 15) is 0 Å². The lowest BCUT2D eigenvalue weighted by molar-refractivity contribution is 0.460. The highest BCUT2D eigenvalue weighted by Gasteiger charge is 2.25. The molecule has 2 aromatic heterocycles. The second-order valence-electron chi connectivity index (χ2n) is 6.75. The van der Waals surface area contributed by atoms with Gasteiger partial charge in [-0.05, 0) is 65.2 Å². The summed E-state index contributed by atoms with van der Waals surface area (Å²) in [6.07, 6.45) is 1.64. The van der Waals surface area contributed by atoms with E-state index in [1.54, 1.807) is 23.1 Å². The van der Waals surface area contributed by atoms with E-state index in [4.69, 9.17) is 27.6 Å². The van der Waals surface area contributed by atoms with E-state index in [1.165, 1.54) is 0 Å². The first kappa shape index (κ1) is 19.6. The van der Waals surface area contributed by atoms with Gasteiger partial charge in [-0.15, -0.1) is 5.10 Å². The minimum Gasteiger partial charge on any atom is -0.468 e. The Labute approximate surface area is 178 Å². The maximum atomic E-state index is 6.54. The summed E-state index contributed by atoms with van der Waals surface area (Å²) in [4.78, 5) is 0. The van der Waals surface area contributed by atoms with Crippen LogP contribution in [-0.4, -0.2) is 20.2 Å². The molecule has 0 fully saturated rings. The molecule has 29 heavy (non-hydrogen) atoms. The van der Waals surface area contributed by atoms with Gasteiger partial charge in [0.25, 0.3) is 0 Å². The van der Waals surface area contributed by atoms with Crippen LogP contribution in [0.15, 0.2) is 59.2 Å². The molecule has 4 rings (SSSR count). The summed E-state index contributed by atoms with van der Waals surface area (Å²) in [6, 6.07) is 14.9. The lowest BCUT2D eigenvalue weighted by Gasteiger charge is -2.20. The van der Waals surface area contributed by atoms with Crippen LogP contribution in [0.1, 0.15) is 34.3 Å². The van der Waals surface area contributed by atoms with Crippen molar-refractivity contribution < 1.29 is 4.42 Å². The van der Waals surface area contributed by atoms with E-state index < -0.39 is 0 Å². The summed E-state index contributed by atoms with van der Waals surface area (Å²) in [5, 5.41) is 17.1. The molecule has 0 radical (unpaired) electrons. The van der Waals surface area contributed by atoms with Crippen molar-refractivity contribution in [2.45, 2.75) is 26.4 Å². The van der Waals surface area contributed by atoms with Gasteiger partial charge in [0.15, 0.2) is 5.82 Å². The molecule has 1 atom stereocenters. The van der Waals surface area contributed by atoms with E-state index in [2.05, 4.69) is 20.8 Å². The predicted octanol–water partition coefficient (Wildman–Crippen LogP) is 5.06. The summed E-state index contributed by atoms with van der Waals surface area (Å²) < 4.78 is 7.22. The predicted molar refractivity (Wildman–Crippen MR) is 112 cm³/mol. The average molecular weight is 428 g/mol. The maximum absolute atomic E-state index is 6.54. The molecule has 0 unspecified atom stereocenters. The summed E-state index contributed by atoms with van der Waals surface area (Å²) in [6.45, 7) is 4.55. The largest absolute Gasteiger partial charge is 0.468 e. The van der Waals surface area contributed by atoms with Gasteiger partial charge in [0.1, 0.15) is 5.76 Å². The summed E-state index contributed by atoms with van der Waals surface area (Å²) in [7, 11) is 0. The monoisotopic (exact) mass is 427 g/mol. The lowest BCUT2D eigenvalue weighted by Crippen LogP contribution is -2.26. The van der Waals surface area contributed by atoms with Gasteiger partial charge < -0.3 is 4.42 Å². The van der Waals surface area contributed by atoms with Crippen molar-refractivity contribution in [1.29, 1.82) is 0 Å². The Bertz CT molecular complexity index is 1100. The molecule has 148 valence electrons. The molecule has 0 spiro atoms. The number of furan rings is 1. The normalized spacial score (nSPS) is 12.3. The maximum Gasteiger partial charge on any atom is 0.178 e. The van der Waals surface area contributed by atoms with Crippen molar-refractivity contribution in [3.8, 4) is 5.69 Å². The van der Waals surface area contributed by atoms with Gasteiger partial charge in [-0.2, -0.15) is 4.68 Å².